The van der Waals surface area contributed by atoms with Crippen molar-refractivity contribution in [2.45, 2.75) is 33.1 Å². The predicted molar refractivity (Wildman–Crippen MR) is 110 cm³/mol. The van der Waals surface area contributed by atoms with Crippen LogP contribution < -0.4 is 15.0 Å². The zero-order chi connectivity index (χ0) is 19.9. The second kappa shape index (κ2) is 6.97. The van der Waals surface area contributed by atoms with Crippen LogP contribution >= 0.6 is 0 Å². The molecule has 0 radical (unpaired) electrons. The highest BCUT2D eigenvalue weighted by atomic mass is 16.5. The first kappa shape index (κ1) is 18.5. The Balaban J connectivity index is 1.48. The van der Waals surface area contributed by atoms with Gasteiger partial charge in [-0.15, -0.1) is 0 Å². The van der Waals surface area contributed by atoms with Gasteiger partial charge in [0.1, 0.15) is 5.75 Å². The van der Waals surface area contributed by atoms with Gasteiger partial charge in [-0.1, -0.05) is 32.0 Å². The van der Waals surface area contributed by atoms with Gasteiger partial charge in [-0.2, -0.15) is 0 Å². The second-order valence-electron chi connectivity index (χ2n) is 8.40. The second-order valence-corrected chi connectivity index (χ2v) is 8.40. The number of anilines is 2. The number of carbonyl (C=O) groups excluding carboxylic acids is 2. The third-order valence-electron chi connectivity index (χ3n) is 5.87. The molecule has 1 fully saturated rings. The van der Waals surface area contributed by atoms with Gasteiger partial charge in [0.05, 0.1) is 13.5 Å². The number of carbonyl (C=O) groups is 2. The van der Waals surface area contributed by atoms with Crippen molar-refractivity contribution in [1.29, 1.82) is 0 Å². The number of amides is 2. The first-order chi connectivity index (χ1) is 13.4. The molecule has 2 aromatic carbocycles. The van der Waals surface area contributed by atoms with Crippen LogP contribution in [0.5, 0.6) is 5.75 Å². The molecule has 1 N–H and O–H groups in total. The summed E-state index contributed by atoms with van der Waals surface area (Å²) < 4.78 is 5.24. The molecule has 0 spiro atoms. The Labute approximate surface area is 165 Å². The van der Waals surface area contributed by atoms with Gasteiger partial charge in [-0.05, 0) is 53.6 Å². The fraction of sp³-hybridized carbons (Fsp3) is 0.391. The van der Waals surface area contributed by atoms with Crippen LogP contribution in [-0.2, 0) is 22.4 Å². The van der Waals surface area contributed by atoms with Crippen molar-refractivity contribution < 1.29 is 14.3 Å². The quantitative estimate of drug-likeness (QED) is 0.861. The molecule has 1 aliphatic carbocycles. The van der Waals surface area contributed by atoms with E-state index in [1.54, 1.807) is 7.11 Å². The number of fused-ring (bicyclic) bond motifs is 1. The first-order valence-electron chi connectivity index (χ1n) is 9.74. The highest BCUT2D eigenvalue weighted by Gasteiger charge is 2.50. The average Bonchev–Trinajstić information content (AvgIpc) is 3.11. The maximum absolute atomic E-state index is 12.9. The van der Waals surface area contributed by atoms with Crippen molar-refractivity contribution in [1.82, 2.24) is 0 Å². The molecular formula is C23H26N2O3. The Hall–Kier alpha value is -2.82. The minimum atomic E-state index is 0.0544. The smallest absolute Gasteiger partial charge is 0.231 e. The molecule has 1 aliphatic heterocycles. The average molecular weight is 378 g/mol. The summed E-state index contributed by atoms with van der Waals surface area (Å²) in [6.07, 6.45) is 2.08. The molecule has 1 atom stereocenters. The molecule has 2 amide bonds. The predicted octanol–water partition coefficient (Wildman–Crippen LogP) is 3.81. The molecule has 0 unspecified atom stereocenters. The van der Waals surface area contributed by atoms with Crippen LogP contribution in [0.15, 0.2) is 42.5 Å². The molecule has 28 heavy (non-hydrogen) atoms. The van der Waals surface area contributed by atoms with E-state index >= 15 is 0 Å². The van der Waals surface area contributed by atoms with Gasteiger partial charge in [0, 0.05) is 23.8 Å². The first-order valence-corrected chi connectivity index (χ1v) is 9.74. The van der Waals surface area contributed by atoms with Gasteiger partial charge >= 0.3 is 0 Å². The monoisotopic (exact) mass is 378 g/mol. The molecule has 0 bridgehead atoms. The van der Waals surface area contributed by atoms with Crippen molar-refractivity contribution in [3.63, 3.8) is 0 Å². The number of hydrogen-bond acceptors (Lipinski definition) is 3. The maximum Gasteiger partial charge on any atom is 0.231 e. The molecule has 146 valence electrons. The lowest BCUT2D eigenvalue weighted by atomic mass is 10.1. The van der Waals surface area contributed by atoms with Crippen molar-refractivity contribution in [2.24, 2.45) is 11.3 Å². The number of nitrogens with zero attached hydrogens (tertiary/aromatic N) is 1. The van der Waals surface area contributed by atoms with E-state index in [0.29, 0.717) is 13.0 Å². The van der Waals surface area contributed by atoms with Crippen molar-refractivity contribution in [3.05, 3.63) is 53.6 Å². The summed E-state index contributed by atoms with van der Waals surface area (Å²) >= 11 is 0. The zero-order valence-electron chi connectivity index (χ0n) is 16.6. The Kier molecular flexibility index (Phi) is 4.61. The van der Waals surface area contributed by atoms with E-state index in [9.17, 15) is 9.59 Å². The van der Waals surface area contributed by atoms with Gasteiger partial charge in [-0.3, -0.25) is 9.59 Å². The Morgan fingerprint density at radius 2 is 2.00 bits per heavy atom. The van der Waals surface area contributed by atoms with E-state index in [2.05, 4.69) is 19.2 Å². The van der Waals surface area contributed by atoms with E-state index in [0.717, 1.165) is 41.1 Å². The molecule has 5 nitrogen and oxygen atoms in total. The summed E-state index contributed by atoms with van der Waals surface area (Å²) in [5.74, 6) is 0.947. The topological polar surface area (TPSA) is 58.6 Å². The highest BCUT2D eigenvalue weighted by molar-refractivity contribution is 5.99. The van der Waals surface area contributed by atoms with E-state index in [1.807, 2.05) is 47.4 Å². The van der Waals surface area contributed by atoms with Gasteiger partial charge in [0.25, 0.3) is 0 Å². The van der Waals surface area contributed by atoms with Crippen molar-refractivity contribution >= 4 is 23.2 Å². The highest BCUT2D eigenvalue weighted by Crippen LogP contribution is 2.52. The normalized spacial score (nSPS) is 19.1. The van der Waals surface area contributed by atoms with Crippen LogP contribution in [0.25, 0.3) is 0 Å². The summed E-state index contributed by atoms with van der Waals surface area (Å²) in [5, 5.41) is 3.02. The number of ether oxygens (including phenoxy) is 1. The molecule has 4 rings (SSSR count). The number of hydrogen-bond donors (Lipinski definition) is 1. The number of methoxy groups -OCH3 is 1. The van der Waals surface area contributed by atoms with Gasteiger partial charge in [-0.25, -0.2) is 0 Å². The standard InChI is InChI=1S/C23H26N2O3/c1-23(2)14-19(23)22(27)24-17-8-7-16-9-10-25(20(16)13-17)21(26)12-15-5-4-6-18(11-15)28-3/h4-8,11,13,19H,9-10,12,14H2,1-3H3,(H,24,27)/t19-/m1/s1. The van der Waals surface area contributed by atoms with Crippen LogP contribution in [0.2, 0.25) is 0 Å². The SMILES string of the molecule is COc1cccc(CC(=O)N2CCc3ccc(NC(=O)[C@H]4CC4(C)C)cc32)c1. The van der Waals surface area contributed by atoms with E-state index in [-0.39, 0.29) is 23.1 Å². The third-order valence-corrected chi connectivity index (χ3v) is 5.87. The number of benzene rings is 2. The van der Waals surface area contributed by atoms with Crippen LogP contribution in [0.1, 0.15) is 31.4 Å². The van der Waals surface area contributed by atoms with Gasteiger partial charge < -0.3 is 15.0 Å². The summed E-state index contributed by atoms with van der Waals surface area (Å²) in [7, 11) is 1.62. The Bertz CT molecular complexity index is 935. The minimum absolute atomic E-state index is 0.0544. The lowest BCUT2D eigenvalue weighted by Gasteiger charge is -2.18. The van der Waals surface area contributed by atoms with Crippen LogP contribution in [-0.4, -0.2) is 25.5 Å². The summed E-state index contributed by atoms with van der Waals surface area (Å²) in [4.78, 5) is 27.1. The van der Waals surface area contributed by atoms with Crippen LogP contribution in [0.4, 0.5) is 11.4 Å². The summed E-state index contributed by atoms with van der Waals surface area (Å²) in [6, 6.07) is 13.5. The zero-order valence-corrected chi connectivity index (χ0v) is 16.6. The Morgan fingerprint density at radius 3 is 2.71 bits per heavy atom. The van der Waals surface area contributed by atoms with Gasteiger partial charge in [0.15, 0.2) is 0 Å². The van der Waals surface area contributed by atoms with Crippen LogP contribution in [0, 0.1) is 11.3 Å². The number of nitrogens with one attached hydrogen (secondary N) is 1. The maximum atomic E-state index is 12.9. The van der Waals surface area contributed by atoms with Crippen molar-refractivity contribution in [2.75, 3.05) is 23.9 Å². The lowest BCUT2D eigenvalue weighted by molar-refractivity contribution is -0.118. The molecule has 0 saturated heterocycles. The summed E-state index contributed by atoms with van der Waals surface area (Å²) in [5.41, 5.74) is 3.83. The molecule has 5 heteroatoms. The van der Waals surface area contributed by atoms with E-state index in [4.69, 9.17) is 4.74 Å². The molecule has 0 aromatic heterocycles. The lowest BCUT2D eigenvalue weighted by Crippen LogP contribution is -2.30. The minimum Gasteiger partial charge on any atom is -0.497 e. The van der Waals surface area contributed by atoms with Gasteiger partial charge in [0.2, 0.25) is 11.8 Å². The largest absolute Gasteiger partial charge is 0.497 e. The summed E-state index contributed by atoms with van der Waals surface area (Å²) in [6.45, 7) is 4.89. The molecular weight excluding hydrogens is 352 g/mol. The third kappa shape index (κ3) is 3.61. The van der Waals surface area contributed by atoms with E-state index < -0.39 is 0 Å². The Morgan fingerprint density at radius 1 is 1.21 bits per heavy atom. The fourth-order valence-corrected chi connectivity index (χ4v) is 3.91. The molecule has 2 aromatic rings. The van der Waals surface area contributed by atoms with E-state index in [1.165, 1.54) is 0 Å². The molecule has 2 aliphatic rings. The van der Waals surface area contributed by atoms with Crippen molar-refractivity contribution in [3.8, 4) is 5.75 Å². The number of rotatable bonds is 5. The molecule has 1 saturated carbocycles. The molecule has 1 heterocycles. The van der Waals surface area contributed by atoms with Crippen LogP contribution in [0.3, 0.4) is 0 Å². The fourth-order valence-electron chi connectivity index (χ4n) is 3.91.